The van der Waals surface area contributed by atoms with Crippen LogP contribution in [-0.4, -0.2) is 69.8 Å². The van der Waals surface area contributed by atoms with E-state index in [9.17, 15) is 9.90 Å². The molecular weight excluding hydrogens is 280 g/mol. The predicted octanol–water partition coefficient (Wildman–Crippen LogP) is 0.881. The molecule has 6 heteroatoms. The molecule has 0 radical (unpaired) electrons. The molecule has 6 nitrogen and oxygen atoms in total. The Morgan fingerprint density at radius 2 is 2.27 bits per heavy atom. The van der Waals surface area contributed by atoms with Crippen LogP contribution >= 0.6 is 0 Å². The Kier molecular flexibility index (Phi) is 4.78. The third kappa shape index (κ3) is 3.67. The number of aromatic nitrogens is 2. The zero-order chi connectivity index (χ0) is 15.5. The summed E-state index contributed by atoms with van der Waals surface area (Å²) < 4.78 is 0. The van der Waals surface area contributed by atoms with Gasteiger partial charge in [-0.25, -0.2) is 0 Å². The molecule has 1 aromatic rings. The second-order valence-electron chi connectivity index (χ2n) is 6.67. The molecule has 0 bridgehead atoms. The third-order valence-electron chi connectivity index (χ3n) is 4.72. The first-order valence-corrected chi connectivity index (χ1v) is 8.32. The van der Waals surface area contributed by atoms with E-state index in [1.165, 1.54) is 0 Å². The van der Waals surface area contributed by atoms with Crippen molar-refractivity contribution in [2.24, 2.45) is 0 Å². The van der Waals surface area contributed by atoms with Crippen molar-refractivity contribution < 1.29 is 9.90 Å². The number of hydrogen-bond donors (Lipinski definition) is 2. The summed E-state index contributed by atoms with van der Waals surface area (Å²) in [6.45, 7) is 5.89. The summed E-state index contributed by atoms with van der Waals surface area (Å²) in [6, 6.07) is 2.12. The van der Waals surface area contributed by atoms with Crippen LogP contribution < -0.4 is 0 Å². The summed E-state index contributed by atoms with van der Waals surface area (Å²) in [4.78, 5) is 15.7. The van der Waals surface area contributed by atoms with Gasteiger partial charge in [-0.2, -0.15) is 5.10 Å². The second-order valence-corrected chi connectivity index (χ2v) is 6.67. The number of nitrogens with zero attached hydrogens (tertiary/aromatic N) is 3. The van der Waals surface area contributed by atoms with E-state index in [1.807, 2.05) is 6.92 Å². The van der Waals surface area contributed by atoms with Crippen LogP contribution in [0.5, 0.6) is 0 Å². The van der Waals surface area contributed by atoms with Crippen molar-refractivity contribution in [2.45, 2.75) is 44.6 Å². The van der Waals surface area contributed by atoms with Crippen molar-refractivity contribution in [1.82, 2.24) is 20.0 Å². The molecule has 3 heterocycles. The van der Waals surface area contributed by atoms with E-state index in [0.717, 1.165) is 50.3 Å². The number of nitrogens with one attached hydrogen (secondary N) is 1. The minimum Gasteiger partial charge on any atom is -0.390 e. The van der Waals surface area contributed by atoms with Crippen molar-refractivity contribution in [3.63, 3.8) is 0 Å². The fourth-order valence-corrected chi connectivity index (χ4v) is 3.62. The molecule has 122 valence electrons. The molecule has 0 aromatic carbocycles. The molecule has 1 aromatic heterocycles. The first-order valence-electron chi connectivity index (χ1n) is 8.32. The number of carbonyl (C=O) groups is 1. The standard InChI is InChI=1S/C16H26N4O2/c1-12-8-15(18-17-12)13-4-2-6-19(9-13)10-14(21)11-20-7-3-5-16(20)22/h8,13-14,21H,2-7,9-11H2,1H3,(H,17,18)/t13-,14+/m1/s1. The molecule has 2 atom stereocenters. The van der Waals surface area contributed by atoms with Gasteiger partial charge in [-0.3, -0.25) is 9.89 Å². The molecule has 0 unspecified atom stereocenters. The lowest BCUT2D eigenvalue weighted by atomic mass is 9.94. The molecule has 2 N–H and O–H groups in total. The number of β-amino-alcohol motifs (C(OH)–C–C–N with tert-alkyl or cyclic N) is 1. The van der Waals surface area contributed by atoms with E-state index >= 15 is 0 Å². The van der Waals surface area contributed by atoms with Crippen molar-refractivity contribution in [3.8, 4) is 0 Å². The first-order chi connectivity index (χ1) is 10.6. The van der Waals surface area contributed by atoms with Crippen molar-refractivity contribution in [2.75, 3.05) is 32.7 Å². The Balaban J connectivity index is 1.50. The summed E-state index contributed by atoms with van der Waals surface area (Å²) in [5, 5.41) is 17.7. The SMILES string of the molecule is Cc1cc([C@@H]2CCCN(C[C@H](O)CN3CCCC3=O)C2)n[nH]1. The molecular formula is C16H26N4O2. The van der Waals surface area contributed by atoms with Crippen LogP contribution in [0.25, 0.3) is 0 Å². The minimum atomic E-state index is -0.457. The average molecular weight is 306 g/mol. The molecule has 2 aliphatic rings. The number of aromatic amines is 1. The maximum Gasteiger partial charge on any atom is 0.222 e. The molecule has 0 spiro atoms. The lowest BCUT2D eigenvalue weighted by Gasteiger charge is -2.34. The molecule has 0 saturated carbocycles. The number of rotatable bonds is 5. The molecule has 0 aliphatic carbocycles. The number of piperidine rings is 1. The van der Waals surface area contributed by atoms with Gasteiger partial charge >= 0.3 is 0 Å². The highest BCUT2D eigenvalue weighted by atomic mass is 16.3. The highest BCUT2D eigenvalue weighted by Crippen LogP contribution is 2.26. The smallest absolute Gasteiger partial charge is 0.222 e. The van der Waals surface area contributed by atoms with Gasteiger partial charge in [-0.1, -0.05) is 0 Å². The molecule has 2 saturated heterocycles. The van der Waals surface area contributed by atoms with E-state index in [1.54, 1.807) is 4.90 Å². The highest BCUT2D eigenvalue weighted by molar-refractivity contribution is 5.78. The summed E-state index contributed by atoms with van der Waals surface area (Å²) in [6.07, 6.45) is 3.39. The number of hydrogen-bond acceptors (Lipinski definition) is 4. The van der Waals surface area contributed by atoms with Crippen LogP contribution in [0.4, 0.5) is 0 Å². The van der Waals surface area contributed by atoms with Gasteiger partial charge in [0.15, 0.2) is 0 Å². The fourth-order valence-electron chi connectivity index (χ4n) is 3.62. The number of aryl methyl sites for hydroxylation is 1. The second kappa shape index (κ2) is 6.79. The molecule has 2 fully saturated rings. The van der Waals surface area contributed by atoms with Crippen LogP contribution in [0.2, 0.25) is 0 Å². The van der Waals surface area contributed by atoms with Crippen LogP contribution in [-0.2, 0) is 4.79 Å². The number of carbonyl (C=O) groups excluding carboxylic acids is 1. The molecule has 2 aliphatic heterocycles. The average Bonchev–Trinajstić information content (AvgIpc) is 3.09. The Hall–Kier alpha value is -1.40. The van der Waals surface area contributed by atoms with Gasteiger partial charge in [-0.05, 0) is 38.8 Å². The van der Waals surface area contributed by atoms with Crippen LogP contribution in [0.3, 0.4) is 0 Å². The Morgan fingerprint density at radius 3 is 2.95 bits per heavy atom. The van der Waals surface area contributed by atoms with E-state index in [0.29, 0.717) is 25.4 Å². The molecule has 1 amide bonds. The number of aliphatic hydroxyl groups is 1. The lowest BCUT2D eigenvalue weighted by molar-refractivity contribution is -0.129. The summed E-state index contributed by atoms with van der Waals surface area (Å²) in [5.41, 5.74) is 2.23. The third-order valence-corrected chi connectivity index (χ3v) is 4.72. The topological polar surface area (TPSA) is 72.5 Å². The van der Waals surface area contributed by atoms with Gasteiger partial charge in [0.1, 0.15) is 0 Å². The number of amides is 1. The van der Waals surface area contributed by atoms with Gasteiger partial charge in [-0.15, -0.1) is 0 Å². The van der Waals surface area contributed by atoms with Crippen molar-refractivity contribution in [3.05, 3.63) is 17.5 Å². The molecule has 3 rings (SSSR count). The van der Waals surface area contributed by atoms with Crippen LogP contribution in [0.1, 0.15) is 43.0 Å². The maximum absolute atomic E-state index is 11.6. The van der Waals surface area contributed by atoms with E-state index in [2.05, 4.69) is 21.2 Å². The van der Waals surface area contributed by atoms with E-state index in [-0.39, 0.29) is 5.91 Å². The fraction of sp³-hybridized carbons (Fsp3) is 0.750. The van der Waals surface area contributed by atoms with Gasteiger partial charge in [0.25, 0.3) is 0 Å². The number of H-pyrrole nitrogens is 1. The van der Waals surface area contributed by atoms with Gasteiger partial charge in [0.2, 0.25) is 5.91 Å². The zero-order valence-electron chi connectivity index (χ0n) is 13.3. The van der Waals surface area contributed by atoms with Gasteiger partial charge < -0.3 is 14.9 Å². The summed E-state index contributed by atoms with van der Waals surface area (Å²) >= 11 is 0. The van der Waals surface area contributed by atoms with Crippen molar-refractivity contribution >= 4 is 5.91 Å². The normalized spacial score (nSPS) is 24.9. The molecule has 22 heavy (non-hydrogen) atoms. The monoisotopic (exact) mass is 306 g/mol. The van der Waals surface area contributed by atoms with Crippen LogP contribution in [0.15, 0.2) is 6.07 Å². The van der Waals surface area contributed by atoms with Gasteiger partial charge in [0, 0.05) is 44.2 Å². The van der Waals surface area contributed by atoms with Crippen LogP contribution in [0, 0.1) is 6.92 Å². The lowest BCUT2D eigenvalue weighted by Crippen LogP contribution is -2.44. The quantitative estimate of drug-likeness (QED) is 0.847. The predicted molar refractivity (Wildman–Crippen MR) is 83.6 cm³/mol. The number of aliphatic hydroxyl groups excluding tert-OH is 1. The Labute approximate surface area is 131 Å². The Bertz CT molecular complexity index is 516. The largest absolute Gasteiger partial charge is 0.390 e. The van der Waals surface area contributed by atoms with E-state index < -0.39 is 6.10 Å². The summed E-state index contributed by atoms with van der Waals surface area (Å²) in [7, 11) is 0. The highest BCUT2D eigenvalue weighted by Gasteiger charge is 2.27. The van der Waals surface area contributed by atoms with Crippen molar-refractivity contribution in [1.29, 1.82) is 0 Å². The minimum absolute atomic E-state index is 0.183. The van der Waals surface area contributed by atoms with Gasteiger partial charge in [0.05, 0.1) is 11.8 Å². The number of likely N-dealkylation sites (tertiary alicyclic amines) is 2. The maximum atomic E-state index is 11.6. The Morgan fingerprint density at radius 1 is 1.41 bits per heavy atom. The van der Waals surface area contributed by atoms with E-state index in [4.69, 9.17) is 0 Å². The zero-order valence-corrected chi connectivity index (χ0v) is 13.3. The summed E-state index contributed by atoms with van der Waals surface area (Å²) in [5.74, 6) is 0.627. The first kappa shape index (κ1) is 15.5.